The van der Waals surface area contributed by atoms with Crippen LogP contribution in [-0.4, -0.2) is 11.7 Å². The molecule has 0 amide bonds. The van der Waals surface area contributed by atoms with Crippen molar-refractivity contribution >= 4 is 22.6 Å². The fourth-order valence-corrected chi connectivity index (χ4v) is 1.30. The molecule has 1 N–H and O–H groups in total. The number of halogens is 1. The van der Waals surface area contributed by atoms with Gasteiger partial charge in [0.15, 0.2) is 11.5 Å². The van der Waals surface area contributed by atoms with Crippen LogP contribution in [-0.2, 0) is 0 Å². The summed E-state index contributed by atoms with van der Waals surface area (Å²) in [4.78, 5) is 0. The van der Waals surface area contributed by atoms with E-state index in [4.69, 9.17) is 4.74 Å². The summed E-state index contributed by atoms with van der Waals surface area (Å²) in [5, 5.41) is 9.39. The second kappa shape index (κ2) is 4.54. The van der Waals surface area contributed by atoms with E-state index in [-0.39, 0.29) is 5.75 Å². The van der Waals surface area contributed by atoms with E-state index in [1.165, 1.54) is 0 Å². The highest BCUT2D eigenvalue weighted by atomic mass is 127. The first-order valence-electron chi connectivity index (χ1n) is 3.85. The van der Waals surface area contributed by atoms with Crippen molar-refractivity contribution in [2.24, 2.45) is 0 Å². The fraction of sp³-hybridized carbons (Fsp3) is 0.333. The standard InChI is InChI=1S/C9H11IO2/c1-2-5-12-9-4-3-7(10)6-8(9)11/h3-4,6,11H,2,5H2,1H3. The van der Waals surface area contributed by atoms with Gasteiger partial charge >= 0.3 is 0 Å². The Kier molecular flexibility index (Phi) is 3.65. The topological polar surface area (TPSA) is 29.5 Å². The van der Waals surface area contributed by atoms with Crippen molar-refractivity contribution in [2.75, 3.05) is 6.61 Å². The molecule has 66 valence electrons. The van der Waals surface area contributed by atoms with Gasteiger partial charge in [0.1, 0.15) is 0 Å². The number of hydrogen-bond donors (Lipinski definition) is 1. The Morgan fingerprint density at radius 1 is 1.50 bits per heavy atom. The summed E-state index contributed by atoms with van der Waals surface area (Å²) in [6, 6.07) is 5.38. The maximum atomic E-state index is 9.39. The lowest BCUT2D eigenvalue weighted by Crippen LogP contribution is -1.94. The summed E-state index contributed by atoms with van der Waals surface area (Å²) >= 11 is 2.14. The van der Waals surface area contributed by atoms with Crippen LogP contribution in [0.25, 0.3) is 0 Å². The van der Waals surface area contributed by atoms with Gasteiger partial charge in [-0.15, -0.1) is 0 Å². The first-order chi connectivity index (χ1) is 5.74. The lowest BCUT2D eigenvalue weighted by Gasteiger charge is -2.06. The van der Waals surface area contributed by atoms with Gasteiger partial charge in [-0.05, 0) is 47.2 Å². The van der Waals surface area contributed by atoms with Crippen molar-refractivity contribution in [2.45, 2.75) is 13.3 Å². The Bertz CT molecular complexity index is 261. The Hall–Kier alpha value is -0.450. The van der Waals surface area contributed by atoms with E-state index in [1.54, 1.807) is 12.1 Å². The zero-order chi connectivity index (χ0) is 8.97. The largest absolute Gasteiger partial charge is 0.504 e. The van der Waals surface area contributed by atoms with Crippen LogP contribution >= 0.6 is 22.6 Å². The molecular formula is C9H11IO2. The van der Waals surface area contributed by atoms with E-state index < -0.39 is 0 Å². The molecule has 0 aliphatic rings. The molecule has 0 aromatic heterocycles. The lowest BCUT2D eigenvalue weighted by atomic mass is 10.3. The van der Waals surface area contributed by atoms with Gasteiger partial charge in [-0.3, -0.25) is 0 Å². The highest BCUT2D eigenvalue weighted by molar-refractivity contribution is 14.1. The molecule has 0 saturated heterocycles. The molecule has 2 nitrogen and oxygen atoms in total. The van der Waals surface area contributed by atoms with Gasteiger partial charge < -0.3 is 9.84 Å². The molecule has 0 bridgehead atoms. The van der Waals surface area contributed by atoms with Gasteiger partial charge in [0, 0.05) is 3.57 Å². The molecule has 0 aliphatic carbocycles. The van der Waals surface area contributed by atoms with Crippen LogP contribution in [0.3, 0.4) is 0 Å². The quantitative estimate of drug-likeness (QED) is 0.861. The molecule has 1 rings (SSSR count). The van der Waals surface area contributed by atoms with Gasteiger partial charge in [0.25, 0.3) is 0 Å². The van der Waals surface area contributed by atoms with Crippen molar-refractivity contribution < 1.29 is 9.84 Å². The van der Waals surface area contributed by atoms with E-state index in [0.717, 1.165) is 9.99 Å². The second-order valence-electron chi connectivity index (χ2n) is 2.46. The number of hydrogen-bond acceptors (Lipinski definition) is 2. The average Bonchev–Trinajstić information content (AvgIpc) is 2.03. The van der Waals surface area contributed by atoms with Crippen molar-refractivity contribution in [3.8, 4) is 11.5 Å². The number of phenols is 1. The Balaban J connectivity index is 2.72. The van der Waals surface area contributed by atoms with Gasteiger partial charge in [0.2, 0.25) is 0 Å². The molecule has 0 fully saturated rings. The molecule has 0 saturated carbocycles. The SMILES string of the molecule is CCCOc1ccc(I)cc1O. The van der Waals surface area contributed by atoms with Crippen LogP contribution in [0.2, 0.25) is 0 Å². The van der Waals surface area contributed by atoms with Crippen LogP contribution in [0.4, 0.5) is 0 Å². The van der Waals surface area contributed by atoms with Crippen molar-refractivity contribution in [1.29, 1.82) is 0 Å². The monoisotopic (exact) mass is 278 g/mol. The van der Waals surface area contributed by atoms with E-state index in [9.17, 15) is 5.11 Å². The molecular weight excluding hydrogens is 267 g/mol. The normalized spacial score (nSPS) is 9.83. The summed E-state index contributed by atoms with van der Waals surface area (Å²) in [6.07, 6.45) is 0.950. The van der Waals surface area contributed by atoms with Gasteiger partial charge in [-0.25, -0.2) is 0 Å². The lowest BCUT2D eigenvalue weighted by molar-refractivity contribution is 0.299. The van der Waals surface area contributed by atoms with Crippen LogP contribution in [0.1, 0.15) is 13.3 Å². The zero-order valence-corrected chi connectivity index (χ0v) is 9.04. The van der Waals surface area contributed by atoms with Crippen molar-refractivity contribution in [3.63, 3.8) is 0 Å². The van der Waals surface area contributed by atoms with Gasteiger partial charge in [-0.1, -0.05) is 6.92 Å². The summed E-state index contributed by atoms with van der Waals surface area (Å²) in [5.41, 5.74) is 0. The van der Waals surface area contributed by atoms with Gasteiger partial charge in [0.05, 0.1) is 6.61 Å². The highest BCUT2D eigenvalue weighted by Gasteiger charge is 2.00. The molecule has 0 heterocycles. The summed E-state index contributed by atoms with van der Waals surface area (Å²) < 4.78 is 6.30. The minimum atomic E-state index is 0.218. The molecule has 0 aliphatic heterocycles. The van der Waals surface area contributed by atoms with Crippen molar-refractivity contribution in [1.82, 2.24) is 0 Å². The van der Waals surface area contributed by atoms with Crippen LogP contribution in [0.15, 0.2) is 18.2 Å². The number of benzene rings is 1. The number of phenolic OH excluding ortho intramolecular Hbond substituents is 1. The Morgan fingerprint density at radius 3 is 2.83 bits per heavy atom. The van der Waals surface area contributed by atoms with E-state index in [2.05, 4.69) is 22.6 Å². The third-order valence-corrected chi connectivity index (χ3v) is 2.05. The number of aromatic hydroxyl groups is 1. The number of ether oxygens (including phenoxy) is 1. The van der Waals surface area contributed by atoms with Crippen LogP contribution in [0.5, 0.6) is 11.5 Å². The summed E-state index contributed by atoms with van der Waals surface area (Å²) in [7, 11) is 0. The van der Waals surface area contributed by atoms with Crippen LogP contribution < -0.4 is 4.74 Å². The zero-order valence-electron chi connectivity index (χ0n) is 6.88. The van der Waals surface area contributed by atoms with E-state index >= 15 is 0 Å². The molecule has 0 unspecified atom stereocenters. The predicted molar refractivity (Wildman–Crippen MR) is 56.6 cm³/mol. The predicted octanol–water partition coefficient (Wildman–Crippen LogP) is 2.79. The third-order valence-electron chi connectivity index (χ3n) is 1.38. The van der Waals surface area contributed by atoms with Crippen LogP contribution in [0, 0.1) is 3.57 Å². The molecule has 1 aromatic carbocycles. The second-order valence-corrected chi connectivity index (χ2v) is 3.71. The first-order valence-corrected chi connectivity index (χ1v) is 4.93. The Morgan fingerprint density at radius 2 is 2.25 bits per heavy atom. The molecule has 1 aromatic rings. The highest BCUT2D eigenvalue weighted by Crippen LogP contribution is 2.27. The molecule has 0 spiro atoms. The first kappa shape index (κ1) is 9.64. The summed E-state index contributed by atoms with van der Waals surface area (Å²) in [6.45, 7) is 2.68. The van der Waals surface area contributed by atoms with Crippen molar-refractivity contribution in [3.05, 3.63) is 21.8 Å². The maximum absolute atomic E-state index is 9.39. The average molecular weight is 278 g/mol. The third kappa shape index (κ3) is 2.55. The summed E-state index contributed by atoms with van der Waals surface area (Å²) in [5.74, 6) is 0.785. The fourth-order valence-electron chi connectivity index (χ4n) is 0.825. The molecule has 3 heteroatoms. The minimum absolute atomic E-state index is 0.218. The molecule has 0 atom stereocenters. The van der Waals surface area contributed by atoms with Gasteiger partial charge in [-0.2, -0.15) is 0 Å². The minimum Gasteiger partial charge on any atom is -0.504 e. The smallest absolute Gasteiger partial charge is 0.160 e. The maximum Gasteiger partial charge on any atom is 0.160 e. The Labute approximate surface area is 85.7 Å². The van der Waals surface area contributed by atoms with E-state index in [1.807, 2.05) is 13.0 Å². The number of rotatable bonds is 3. The van der Waals surface area contributed by atoms with E-state index in [0.29, 0.717) is 12.4 Å². The molecule has 0 radical (unpaired) electrons. The molecule has 12 heavy (non-hydrogen) atoms.